The number of nitrogens with one attached hydrogen (secondary N) is 2. The molecule has 2 heterocycles. The maximum Gasteiger partial charge on any atom is 0.355 e. The van der Waals surface area contributed by atoms with Crippen molar-refractivity contribution in [1.29, 1.82) is 0 Å². The first-order valence-corrected chi connectivity index (χ1v) is 11.0. The van der Waals surface area contributed by atoms with E-state index in [1.807, 2.05) is 51.4 Å². The number of benzene rings is 1. The van der Waals surface area contributed by atoms with Gasteiger partial charge in [0.1, 0.15) is 37.8 Å². The molecule has 0 saturated heterocycles. The van der Waals surface area contributed by atoms with Crippen molar-refractivity contribution < 1.29 is 14.1 Å². The number of carbonyl (C=O) groups is 1. The Morgan fingerprint density at radius 3 is 2.03 bits per heavy atom. The molecular formula is C26H34N3O2+. The van der Waals surface area contributed by atoms with Gasteiger partial charge < -0.3 is 14.7 Å². The molecule has 3 aromatic rings. The fourth-order valence-corrected chi connectivity index (χ4v) is 4.40. The molecule has 5 heteroatoms. The summed E-state index contributed by atoms with van der Waals surface area (Å²) in [5, 5.41) is 0. The van der Waals surface area contributed by atoms with Crippen LogP contribution in [-0.2, 0) is 24.2 Å². The monoisotopic (exact) mass is 420 g/mol. The molecule has 0 aliphatic rings. The van der Waals surface area contributed by atoms with Crippen LogP contribution in [0, 0.1) is 20.8 Å². The van der Waals surface area contributed by atoms with Crippen LogP contribution in [0.1, 0.15) is 69.2 Å². The van der Waals surface area contributed by atoms with E-state index in [9.17, 15) is 4.79 Å². The highest BCUT2D eigenvalue weighted by atomic mass is 16.5. The van der Waals surface area contributed by atoms with Crippen LogP contribution < -0.4 is 0 Å². The minimum Gasteiger partial charge on any atom is -0.456 e. The van der Waals surface area contributed by atoms with E-state index in [0.717, 1.165) is 46.6 Å². The fourth-order valence-electron chi connectivity index (χ4n) is 4.40. The van der Waals surface area contributed by atoms with Gasteiger partial charge in [-0.3, -0.25) is 0 Å². The summed E-state index contributed by atoms with van der Waals surface area (Å²) in [5.74, 6) is -0.325. The topological polar surface area (TPSA) is 60.9 Å². The highest BCUT2D eigenvalue weighted by molar-refractivity contribution is 6.10. The van der Waals surface area contributed by atoms with Gasteiger partial charge in [0.05, 0.1) is 0 Å². The molecule has 164 valence electrons. The molecule has 0 aliphatic carbocycles. The van der Waals surface area contributed by atoms with E-state index >= 15 is 0 Å². The number of hydrogen-bond donors (Lipinski definition) is 2. The third-order valence-corrected chi connectivity index (χ3v) is 6.02. The van der Waals surface area contributed by atoms with Crippen LogP contribution in [0.3, 0.4) is 0 Å². The van der Waals surface area contributed by atoms with Gasteiger partial charge in [-0.25, -0.2) is 9.37 Å². The maximum absolute atomic E-state index is 12.9. The molecule has 0 bridgehead atoms. The van der Waals surface area contributed by atoms with Crippen LogP contribution in [0.25, 0.3) is 0 Å². The van der Waals surface area contributed by atoms with Crippen LogP contribution in [0.2, 0.25) is 0 Å². The third kappa shape index (κ3) is 4.36. The molecule has 2 N–H and O–H groups in total. The second kappa shape index (κ2) is 9.38. The summed E-state index contributed by atoms with van der Waals surface area (Å²) in [5.41, 5.74) is 10.5. The van der Waals surface area contributed by atoms with Crippen LogP contribution in [0.4, 0.5) is 0 Å². The Balaban J connectivity index is 2.03. The molecule has 0 amide bonds. The zero-order chi connectivity index (χ0) is 22.7. The molecule has 0 unspecified atom stereocenters. The number of aromatic amines is 2. The van der Waals surface area contributed by atoms with E-state index in [1.54, 1.807) is 0 Å². The van der Waals surface area contributed by atoms with Crippen molar-refractivity contribution in [3.05, 3.63) is 80.9 Å². The van der Waals surface area contributed by atoms with Gasteiger partial charge in [0.2, 0.25) is 5.71 Å². The van der Waals surface area contributed by atoms with Gasteiger partial charge in [-0.1, -0.05) is 44.2 Å². The number of esters is 1. The maximum atomic E-state index is 12.9. The van der Waals surface area contributed by atoms with Crippen molar-refractivity contribution >= 4 is 11.7 Å². The zero-order valence-electron chi connectivity index (χ0n) is 19.8. The Bertz CT molecular complexity index is 1110. The van der Waals surface area contributed by atoms with Crippen molar-refractivity contribution in [2.75, 3.05) is 14.1 Å². The Morgan fingerprint density at radius 1 is 0.871 bits per heavy atom. The normalized spacial score (nSPS) is 10.9. The van der Waals surface area contributed by atoms with Crippen LogP contribution >= 0.6 is 0 Å². The molecule has 1 aromatic carbocycles. The first kappa shape index (κ1) is 22.6. The van der Waals surface area contributed by atoms with Crippen molar-refractivity contribution in [3.63, 3.8) is 0 Å². The molecule has 5 nitrogen and oxygen atoms in total. The number of hydrogen-bond acceptors (Lipinski definition) is 2. The lowest BCUT2D eigenvalue weighted by Crippen LogP contribution is -2.20. The number of rotatable bonds is 7. The summed E-state index contributed by atoms with van der Waals surface area (Å²) in [4.78, 5) is 19.9. The van der Waals surface area contributed by atoms with Gasteiger partial charge in [-0.05, 0) is 61.4 Å². The summed E-state index contributed by atoms with van der Waals surface area (Å²) in [7, 11) is 4.08. The van der Waals surface area contributed by atoms with Gasteiger partial charge >= 0.3 is 5.97 Å². The zero-order valence-corrected chi connectivity index (χ0v) is 19.8. The number of aromatic nitrogens is 2. The first-order valence-electron chi connectivity index (χ1n) is 11.0. The van der Waals surface area contributed by atoms with Gasteiger partial charge in [-0.15, -0.1) is 0 Å². The molecule has 0 aliphatic heterocycles. The second-order valence-electron chi connectivity index (χ2n) is 8.22. The average Bonchev–Trinajstić information content (AvgIpc) is 3.22. The Kier molecular flexibility index (Phi) is 6.84. The van der Waals surface area contributed by atoms with Gasteiger partial charge in [0, 0.05) is 5.69 Å². The third-order valence-electron chi connectivity index (χ3n) is 6.02. The molecule has 0 fully saturated rings. The summed E-state index contributed by atoms with van der Waals surface area (Å²) in [6.45, 7) is 10.8. The Labute approximate surface area is 185 Å². The number of aryl methyl sites for hydroxylation is 1. The van der Waals surface area contributed by atoms with Crippen LogP contribution in [0.5, 0.6) is 0 Å². The molecule has 0 atom stereocenters. The van der Waals surface area contributed by atoms with E-state index in [0.29, 0.717) is 5.69 Å². The average molecular weight is 421 g/mol. The molecule has 0 saturated carbocycles. The van der Waals surface area contributed by atoms with Crippen LogP contribution in [0.15, 0.2) is 30.3 Å². The number of H-pyrrole nitrogens is 2. The van der Waals surface area contributed by atoms with Gasteiger partial charge in [0.15, 0.2) is 0 Å². The highest BCUT2D eigenvalue weighted by Gasteiger charge is 2.29. The lowest BCUT2D eigenvalue weighted by Gasteiger charge is -2.06. The van der Waals surface area contributed by atoms with Gasteiger partial charge in [0.25, 0.3) is 0 Å². The summed E-state index contributed by atoms with van der Waals surface area (Å²) in [6.07, 6.45) is 1.80. The van der Waals surface area contributed by atoms with Crippen molar-refractivity contribution in [2.24, 2.45) is 0 Å². The van der Waals surface area contributed by atoms with Crippen molar-refractivity contribution in [3.8, 4) is 0 Å². The van der Waals surface area contributed by atoms with E-state index in [-0.39, 0.29) is 12.6 Å². The van der Waals surface area contributed by atoms with Crippen molar-refractivity contribution in [1.82, 2.24) is 9.97 Å². The lowest BCUT2D eigenvalue weighted by molar-refractivity contribution is -0.463. The fraction of sp³-hybridized carbons (Fsp3) is 0.385. The predicted octanol–water partition coefficient (Wildman–Crippen LogP) is 4.86. The molecule has 0 spiro atoms. The van der Waals surface area contributed by atoms with Gasteiger partial charge in [-0.2, -0.15) is 0 Å². The molecule has 3 rings (SSSR count). The van der Waals surface area contributed by atoms with E-state index in [1.165, 1.54) is 16.8 Å². The number of ether oxygens (including phenoxy) is 1. The SMILES string of the molecule is CCc1c(C)[nH]c(C(c2[nH]c(C(=O)OCc3ccccc3)c(C)c2CC)=[N+](C)C)c1C. The smallest absolute Gasteiger partial charge is 0.355 e. The summed E-state index contributed by atoms with van der Waals surface area (Å²) >= 11 is 0. The Morgan fingerprint density at radius 2 is 1.48 bits per heavy atom. The van der Waals surface area contributed by atoms with E-state index < -0.39 is 0 Å². The quantitative estimate of drug-likeness (QED) is 0.326. The standard InChI is InChI=1S/C26H33N3O2/c1-8-20-16(3)22(27-18(20)5)25(29(6)7)24-21(9-2)17(4)23(28-24)26(30)31-15-19-13-11-10-12-14-19/h10-14H,8-9,15H2,1-7H3,(H,27,28,30)/p+1. The van der Waals surface area contributed by atoms with E-state index in [2.05, 4.69) is 42.2 Å². The van der Waals surface area contributed by atoms with Crippen LogP contribution in [-0.4, -0.2) is 40.3 Å². The molecule has 31 heavy (non-hydrogen) atoms. The lowest BCUT2D eigenvalue weighted by atomic mass is 10.00. The summed E-state index contributed by atoms with van der Waals surface area (Å²) < 4.78 is 7.73. The molecular weight excluding hydrogens is 386 g/mol. The minimum atomic E-state index is -0.325. The molecule has 0 radical (unpaired) electrons. The van der Waals surface area contributed by atoms with Crippen molar-refractivity contribution in [2.45, 2.75) is 54.1 Å². The largest absolute Gasteiger partial charge is 0.456 e. The predicted molar refractivity (Wildman–Crippen MR) is 125 cm³/mol. The second-order valence-corrected chi connectivity index (χ2v) is 8.22. The summed E-state index contributed by atoms with van der Waals surface area (Å²) in [6, 6.07) is 9.75. The molecule has 2 aromatic heterocycles. The number of nitrogens with zero attached hydrogens (tertiary/aromatic N) is 1. The Hall–Kier alpha value is -3.08. The minimum absolute atomic E-state index is 0.258. The first-order chi connectivity index (χ1) is 14.8. The van der Waals surface area contributed by atoms with E-state index in [4.69, 9.17) is 4.74 Å². The highest BCUT2D eigenvalue weighted by Crippen LogP contribution is 2.26. The number of carbonyl (C=O) groups excluding carboxylic acids is 1.